The van der Waals surface area contributed by atoms with Crippen molar-refractivity contribution >= 4 is 0 Å². The number of ether oxygens (including phenoxy) is 2. The molecule has 0 aromatic heterocycles. The van der Waals surface area contributed by atoms with Gasteiger partial charge in [-0.1, -0.05) is 12.1 Å². The summed E-state index contributed by atoms with van der Waals surface area (Å²) in [7, 11) is 0. The Morgan fingerprint density at radius 1 is 1.17 bits per heavy atom. The van der Waals surface area contributed by atoms with Gasteiger partial charge in [-0.25, -0.2) is 0 Å². The topological polar surface area (TPSA) is 41.9 Å². The lowest BCUT2D eigenvalue weighted by Gasteiger charge is -2.34. The van der Waals surface area contributed by atoms with E-state index >= 15 is 0 Å². The molecule has 4 heteroatoms. The predicted molar refractivity (Wildman–Crippen MR) is 68.0 cm³/mol. The highest BCUT2D eigenvalue weighted by molar-refractivity contribution is 5.40. The number of benzene rings is 1. The van der Waals surface area contributed by atoms with Gasteiger partial charge >= 0.3 is 0 Å². The summed E-state index contributed by atoms with van der Waals surface area (Å²) in [5.41, 5.74) is 0. The number of aliphatic hydroxyl groups excluding tert-OH is 1. The highest BCUT2D eigenvalue weighted by Gasteiger charge is 2.25. The van der Waals surface area contributed by atoms with E-state index in [1.807, 2.05) is 24.3 Å². The Labute approximate surface area is 107 Å². The minimum absolute atomic E-state index is 0.0927. The summed E-state index contributed by atoms with van der Waals surface area (Å²) in [5, 5.41) is 9.48. The van der Waals surface area contributed by atoms with E-state index in [0.717, 1.165) is 44.0 Å². The molecule has 1 aromatic rings. The van der Waals surface area contributed by atoms with Crippen LogP contribution in [0.25, 0.3) is 0 Å². The minimum Gasteiger partial charge on any atom is -0.486 e. The summed E-state index contributed by atoms with van der Waals surface area (Å²) in [6.45, 7) is 3.38. The molecule has 0 spiro atoms. The van der Waals surface area contributed by atoms with Crippen LogP contribution < -0.4 is 9.47 Å². The monoisotopic (exact) mass is 249 g/mol. The second-order valence-corrected chi connectivity index (χ2v) is 5.03. The first kappa shape index (κ1) is 11.8. The van der Waals surface area contributed by atoms with Gasteiger partial charge in [-0.05, 0) is 25.0 Å². The molecule has 2 aliphatic heterocycles. The Morgan fingerprint density at radius 2 is 1.89 bits per heavy atom. The fourth-order valence-corrected chi connectivity index (χ4v) is 2.54. The number of hydrogen-bond acceptors (Lipinski definition) is 4. The van der Waals surface area contributed by atoms with E-state index in [9.17, 15) is 5.11 Å². The highest BCUT2D eigenvalue weighted by atomic mass is 16.6. The number of nitrogens with zero attached hydrogens (tertiary/aromatic N) is 1. The van der Waals surface area contributed by atoms with Crippen molar-refractivity contribution in [2.24, 2.45) is 0 Å². The first-order valence-electron chi connectivity index (χ1n) is 6.60. The van der Waals surface area contributed by atoms with Crippen molar-refractivity contribution in [1.29, 1.82) is 0 Å². The maximum atomic E-state index is 9.48. The van der Waals surface area contributed by atoms with Crippen molar-refractivity contribution in [3.05, 3.63) is 24.3 Å². The molecule has 1 N–H and O–H groups in total. The number of likely N-dealkylation sites (tertiary alicyclic amines) is 1. The van der Waals surface area contributed by atoms with Crippen LogP contribution in [-0.4, -0.2) is 48.5 Å². The Bertz CT molecular complexity index is 402. The normalized spacial score (nSPS) is 25.1. The molecular formula is C14H19NO3. The van der Waals surface area contributed by atoms with E-state index in [4.69, 9.17) is 9.47 Å². The maximum Gasteiger partial charge on any atom is 0.161 e. The summed E-state index contributed by atoms with van der Waals surface area (Å²) < 4.78 is 11.6. The third-order valence-corrected chi connectivity index (χ3v) is 3.59. The van der Waals surface area contributed by atoms with Crippen LogP contribution in [0.2, 0.25) is 0 Å². The van der Waals surface area contributed by atoms with Gasteiger partial charge in [-0.3, -0.25) is 4.90 Å². The Balaban J connectivity index is 1.56. The fourth-order valence-electron chi connectivity index (χ4n) is 2.54. The van der Waals surface area contributed by atoms with Crippen LogP contribution in [0, 0.1) is 0 Å². The number of para-hydroxylation sites is 2. The Hall–Kier alpha value is -1.26. The summed E-state index contributed by atoms with van der Waals surface area (Å²) >= 11 is 0. The standard InChI is InChI=1S/C14H19NO3/c16-11-5-7-15(8-6-11)9-12-10-17-13-3-1-2-4-14(13)18-12/h1-4,11-12,16H,5-10H2/t12-/m0/s1. The summed E-state index contributed by atoms with van der Waals surface area (Å²) in [4.78, 5) is 2.34. The average molecular weight is 249 g/mol. The van der Waals surface area contributed by atoms with Crippen LogP contribution >= 0.6 is 0 Å². The number of rotatable bonds is 2. The molecule has 98 valence electrons. The molecule has 0 bridgehead atoms. The van der Waals surface area contributed by atoms with E-state index in [-0.39, 0.29) is 12.2 Å². The molecule has 1 aromatic carbocycles. The van der Waals surface area contributed by atoms with Crippen molar-refractivity contribution in [1.82, 2.24) is 4.90 Å². The molecule has 0 radical (unpaired) electrons. The van der Waals surface area contributed by atoms with Crippen molar-refractivity contribution in [3.63, 3.8) is 0 Å². The van der Waals surface area contributed by atoms with Gasteiger partial charge in [0.1, 0.15) is 12.7 Å². The Morgan fingerprint density at radius 3 is 2.67 bits per heavy atom. The molecule has 0 unspecified atom stereocenters. The van der Waals surface area contributed by atoms with E-state index in [0.29, 0.717) is 6.61 Å². The highest BCUT2D eigenvalue weighted by Crippen LogP contribution is 2.31. The van der Waals surface area contributed by atoms with E-state index in [1.165, 1.54) is 0 Å². The molecule has 4 nitrogen and oxygen atoms in total. The van der Waals surface area contributed by atoms with Crippen molar-refractivity contribution in [2.75, 3.05) is 26.2 Å². The number of hydrogen-bond donors (Lipinski definition) is 1. The van der Waals surface area contributed by atoms with Crippen molar-refractivity contribution in [2.45, 2.75) is 25.0 Å². The Kier molecular flexibility index (Phi) is 3.39. The molecule has 18 heavy (non-hydrogen) atoms. The van der Waals surface area contributed by atoms with Gasteiger partial charge in [0, 0.05) is 19.6 Å². The molecule has 0 saturated carbocycles. The van der Waals surface area contributed by atoms with Crippen molar-refractivity contribution in [3.8, 4) is 11.5 Å². The largest absolute Gasteiger partial charge is 0.486 e. The van der Waals surface area contributed by atoms with Crippen LogP contribution in [0.3, 0.4) is 0 Å². The molecule has 1 fully saturated rings. The number of aliphatic hydroxyl groups is 1. The first-order chi connectivity index (χ1) is 8.81. The van der Waals surface area contributed by atoms with Crippen molar-refractivity contribution < 1.29 is 14.6 Å². The first-order valence-corrected chi connectivity index (χ1v) is 6.60. The van der Waals surface area contributed by atoms with Gasteiger partial charge < -0.3 is 14.6 Å². The predicted octanol–water partition coefficient (Wildman–Crippen LogP) is 1.28. The second-order valence-electron chi connectivity index (χ2n) is 5.03. The van der Waals surface area contributed by atoms with Gasteiger partial charge in [0.05, 0.1) is 6.10 Å². The second kappa shape index (κ2) is 5.16. The molecule has 1 saturated heterocycles. The summed E-state index contributed by atoms with van der Waals surface area (Å²) in [5.74, 6) is 1.67. The van der Waals surface area contributed by atoms with Crippen LogP contribution in [0.1, 0.15) is 12.8 Å². The average Bonchev–Trinajstić information content (AvgIpc) is 2.41. The number of piperidine rings is 1. The van der Waals surface area contributed by atoms with Gasteiger partial charge in [-0.2, -0.15) is 0 Å². The van der Waals surface area contributed by atoms with Gasteiger partial charge in [0.15, 0.2) is 11.5 Å². The molecule has 2 heterocycles. The molecule has 3 rings (SSSR count). The number of fused-ring (bicyclic) bond motifs is 1. The molecule has 0 aliphatic carbocycles. The van der Waals surface area contributed by atoms with Gasteiger partial charge in [0.2, 0.25) is 0 Å². The third-order valence-electron chi connectivity index (χ3n) is 3.59. The zero-order valence-electron chi connectivity index (χ0n) is 10.4. The van der Waals surface area contributed by atoms with Gasteiger partial charge in [0.25, 0.3) is 0 Å². The fraction of sp³-hybridized carbons (Fsp3) is 0.571. The lowest BCUT2D eigenvalue weighted by Crippen LogP contribution is -2.45. The molecular weight excluding hydrogens is 230 g/mol. The molecule has 1 atom stereocenters. The lowest BCUT2D eigenvalue weighted by atomic mass is 10.1. The van der Waals surface area contributed by atoms with Crippen LogP contribution in [-0.2, 0) is 0 Å². The van der Waals surface area contributed by atoms with E-state index < -0.39 is 0 Å². The maximum absolute atomic E-state index is 9.48. The summed E-state index contributed by atoms with van der Waals surface area (Å²) in [6.07, 6.45) is 1.70. The zero-order chi connectivity index (χ0) is 12.4. The van der Waals surface area contributed by atoms with Crippen LogP contribution in [0.4, 0.5) is 0 Å². The van der Waals surface area contributed by atoms with Crippen LogP contribution in [0.15, 0.2) is 24.3 Å². The quantitative estimate of drug-likeness (QED) is 0.857. The van der Waals surface area contributed by atoms with Crippen LogP contribution in [0.5, 0.6) is 11.5 Å². The smallest absolute Gasteiger partial charge is 0.161 e. The zero-order valence-corrected chi connectivity index (χ0v) is 10.4. The minimum atomic E-state index is -0.120. The van der Waals surface area contributed by atoms with Gasteiger partial charge in [-0.15, -0.1) is 0 Å². The van der Waals surface area contributed by atoms with E-state index in [1.54, 1.807) is 0 Å². The molecule has 0 amide bonds. The third kappa shape index (κ3) is 2.60. The summed E-state index contributed by atoms with van der Waals surface area (Å²) in [6, 6.07) is 7.79. The molecule has 2 aliphatic rings. The van der Waals surface area contributed by atoms with E-state index in [2.05, 4.69) is 4.90 Å². The SMILES string of the molecule is OC1CCN(C[C@H]2COc3ccccc3O2)CC1. The lowest BCUT2D eigenvalue weighted by molar-refractivity contribution is 0.0301.